The first-order valence-corrected chi connectivity index (χ1v) is 13.0. The predicted molar refractivity (Wildman–Crippen MR) is 129 cm³/mol. The third-order valence-corrected chi connectivity index (χ3v) is 6.95. The molecule has 0 radical (unpaired) electrons. The Morgan fingerprint density at radius 3 is 2.44 bits per heavy atom. The third-order valence-electron chi connectivity index (χ3n) is 5.08. The molecule has 0 aliphatic rings. The first-order chi connectivity index (χ1) is 15.0. The Labute approximate surface area is 194 Å². The van der Waals surface area contributed by atoms with E-state index in [1.54, 1.807) is 6.07 Å². The van der Waals surface area contributed by atoms with Crippen LogP contribution in [0, 0.1) is 0 Å². The summed E-state index contributed by atoms with van der Waals surface area (Å²) in [7, 11) is -3.81. The van der Waals surface area contributed by atoms with Crippen molar-refractivity contribution in [2.75, 3.05) is 5.75 Å². The van der Waals surface area contributed by atoms with Crippen LogP contribution >= 0.6 is 11.8 Å². The number of benzene rings is 2. The van der Waals surface area contributed by atoms with E-state index in [9.17, 15) is 13.2 Å². The summed E-state index contributed by atoms with van der Waals surface area (Å²) >= 11 is 1.37. The molecule has 0 saturated heterocycles. The second-order valence-electron chi connectivity index (χ2n) is 8.67. The number of nitrogens with two attached hydrogens (primary N) is 1. The molecule has 172 valence electrons. The molecule has 3 rings (SSSR count). The van der Waals surface area contributed by atoms with Gasteiger partial charge in [0.2, 0.25) is 15.9 Å². The lowest BCUT2D eigenvalue weighted by atomic mass is 10.0. The summed E-state index contributed by atoms with van der Waals surface area (Å²) < 4.78 is 25.5. The summed E-state index contributed by atoms with van der Waals surface area (Å²) in [6.45, 7) is 9.39. The normalized spacial score (nSPS) is 12.3. The lowest BCUT2D eigenvalue weighted by molar-refractivity contribution is -0.133. The van der Waals surface area contributed by atoms with Crippen molar-refractivity contribution in [1.82, 2.24) is 14.5 Å². The molecule has 2 aromatic carbocycles. The number of imidazole rings is 1. The molecule has 0 saturated carbocycles. The second kappa shape index (κ2) is 9.64. The molecule has 0 aliphatic heterocycles. The summed E-state index contributed by atoms with van der Waals surface area (Å²) in [6, 6.07) is 14.6. The molecule has 7 nitrogen and oxygen atoms in total. The number of rotatable bonds is 8. The fraction of sp³-hybridized carbons (Fsp3) is 0.391. The summed E-state index contributed by atoms with van der Waals surface area (Å²) in [6.07, 6.45) is 0.881. The van der Waals surface area contributed by atoms with E-state index in [-0.39, 0.29) is 22.1 Å². The Kier molecular flexibility index (Phi) is 7.32. The number of nitrogens with zero attached hydrogens (tertiary/aromatic N) is 3. The van der Waals surface area contributed by atoms with Gasteiger partial charge in [0, 0.05) is 18.6 Å². The zero-order chi connectivity index (χ0) is 23.5. The lowest BCUT2D eigenvalue weighted by Crippen LogP contribution is -2.45. The van der Waals surface area contributed by atoms with Gasteiger partial charge < -0.3 is 9.47 Å². The molecule has 0 atom stereocenters. The van der Waals surface area contributed by atoms with E-state index >= 15 is 0 Å². The van der Waals surface area contributed by atoms with Gasteiger partial charge in [-0.2, -0.15) is 0 Å². The number of amides is 1. The highest BCUT2D eigenvalue weighted by atomic mass is 32.2. The highest BCUT2D eigenvalue weighted by Gasteiger charge is 2.27. The van der Waals surface area contributed by atoms with Crippen LogP contribution in [-0.4, -0.2) is 40.1 Å². The molecule has 0 unspecified atom stereocenters. The van der Waals surface area contributed by atoms with Gasteiger partial charge in [-0.3, -0.25) is 4.79 Å². The second-order valence-corrected chi connectivity index (χ2v) is 11.2. The van der Waals surface area contributed by atoms with E-state index in [2.05, 4.69) is 11.9 Å². The number of aromatic nitrogens is 2. The lowest BCUT2D eigenvalue weighted by Gasteiger charge is -2.36. The largest absolute Gasteiger partial charge is 0.333 e. The fourth-order valence-corrected chi connectivity index (χ4v) is 4.93. The maximum atomic E-state index is 13.2. The molecule has 2 N–H and O–H groups in total. The van der Waals surface area contributed by atoms with Crippen LogP contribution in [0.4, 0.5) is 0 Å². The van der Waals surface area contributed by atoms with Crippen LogP contribution in [0.1, 0.15) is 39.7 Å². The van der Waals surface area contributed by atoms with E-state index in [0.717, 1.165) is 24.0 Å². The molecule has 3 aromatic rings. The summed E-state index contributed by atoms with van der Waals surface area (Å²) in [5, 5.41) is 5.96. The Balaban J connectivity index is 1.85. The zero-order valence-corrected chi connectivity index (χ0v) is 20.5. The molecule has 32 heavy (non-hydrogen) atoms. The minimum Gasteiger partial charge on any atom is -0.333 e. The van der Waals surface area contributed by atoms with Gasteiger partial charge >= 0.3 is 0 Å². The van der Waals surface area contributed by atoms with Crippen molar-refractivity contribution in [2.45, 2.75) is 62.8 Å². The molecular weight excluding hydrogens is 444 g/mol. The average molecular weight is 475 g/mol. The van der Waals surface area contributed by atoms with E-state index in [1.165, 1.54) is 23.9 Å². The van der Waals surface area contributed by atoms with Crippen LogP contribution in [0.25, 0.3) is 11.0 Å². The maximum Gasteiger partial charge on any atom is 0.238 e. The van der Waals surface area contributed by atoms with Gasteiger partial charge in [-0.1, -0.05) is 49.0 Å². The molecule has 0 bridgehead atoms. The number of hydrogen-bond donors (Lipinski definition) is 1. The van der Waals surface area contributed by atoms with Crippen LogP contribution < -0.4 is 5.14 Å². The molecule has 9 heteroatoms. The van der Waals surface area contributed by atoms with Gasteiger partial charge in [0.15, 0.2) is 5.16 Å². The molecule has 1 aromatic heterocycles. The minimum atomic E-state index is -3.81. The minimum absolute atomic E-state index is 0.0201. The molecule has 1 heterocycles. The summed E-state index contributed by atoms with van der Waals surface area (Å²) in [5.74, 6) is 0.255. The summed E-state index contributed by atoms with van der Waals surface area (Å²) in [5.41, 5.74) is 2.12. The standard InChI is InChI=1S/C23H30N4O3S2/c1-5-13-26-20-12-11-18(32(24,29)30)14-19(20)25-22(26)31-16-21(28)27(23(2,3)4)15-17-9-7-6-8-10-17/h6-12,14H,5,13,15-16H2,1-4H3,(H2,24,29,30). The smallest absolute Gasteiger partial charge is 0.238 e. The van der Waals surface area contributed by atoms with Crippen molar-refractivity contribution >= 4 is 38.7 Å². The topological polar surface area (TPSA) is 98.3 Å². The molecule has 0 fully saturated rings. The van der Waals surface area contributed by atoms with Gasteiger partial charge in [-0.15, -0.1) is 0 Å². The Hall–Kier alpha value is -2.36. The quantitative estimate of drug-likeness (QED) is 0.497. The number of carbonyl (C=O) groups is 1. The SMILES string of the molecule is CCCn1c(SCC(=O)N(Cc2ccccc2)C(C)(C)C)nc2cc(S(N)(=O)=O)ccc21. The molecule has 1 amide bonds. The summed E-state index contributed by atoms with van der Waals surface area (Å²) in [4.78, 5) is 19.7. The molecule has 0 spiro atoms. The van der Waals surface area contributed by atoms with Crippen molar-refractivity contribution in [3.05, 3.63) is 54.1 Å². The number of fused-ring (bicyclic) bond motifs is 1. The number of aryl methyl sites for hydroxylation is 1. The van der Waals surface area contributed by atoms with Gasteiger partial charge in [-0.25, -0.2) is 18.5 Å². The molecular formula is C23H30N4O3S2. The number of carbonyl (C=O) groups excluding carboxylic acids is 1. The third kappa shape index (κ3) is 5.70. The van der Waals surface area contributed by atoms with E-state index in [4.69, 9.17) is 5.14 Å². The van der Waals surface area contributed by atoms with E-state index < -0.39 is 10.0 Å². The number of sulfonamides is 1. The van der Waals surface area contributed by atoms with E-state index in [0.29, 0.717) is 17.2 Å². The van der Waals surface area contributed by atoms with Crippen LogP contribution in [-0.2, 0) is 27.9 Å². The van der Waals surface area contributed by atoms with Gasteiger partial charge in [-0.05, 0) is 51.0 Å². The van der Waals surface area contributed by atoms with Crippen molar-refractivity contribution in [3.8, 4) is 0 Å². The highest BCUT2D eigenvalue weighted by Crippen LogP contribution is 2.28. The van der Waals surface area contributed by atoms with Crippen molar-refractivity contribution in [2.24, 2.45) is 5.14 Å². The monoisotopic (exact) mass is 474 g/mol. The first-order valence-electron chi connectivity index (χ1n) is 10.5. The number of primary sulfonamides is 1. The zero-order valence-electron chi connectivity index (χ0n) is 18.9. The van der Waals surface area contributed by atoms with Crippen LogP contribution in [0.3, 0.4) is 0 Å². The maximum absolute atomic E-state index is 13.2. The van der Waals surface area contributed by atoms with Gasteiger partial charge in [0.05, 0.1) is 21.7 Å². The van der Waals surface area contributed by atoms with Gasteiger partial charge in [0.25, 0.3) is 0 Å². The van der Waals surface area contributed by atoms with Crippen molar-refractivity contribution in [1.29, 1.82) is 0 Å². The number of thioether (sulfide) groups is 1. The number of hydrogen-bond acceptors (Lipinski definition) is 5. The Bertz CT molecular complexity index is 1200. The Morgan fingerprint density at radius 2 is 1.84 bits per heavy atom. The fourth-order valence-electron chi connectivity index (χ4n) is 3.48. The predicted octanol–water partition coefficient (Wildman–Crippen LogP) is 4.01. The Morgan fingerprint density at radius 1 is 1.16 bits per heavy atom. The molecule has 0 aliphatic carbocycles. The van der Waals surface area contributed by atoms with Gasteiger partial charge in [0.1, 0.15) is 0 Å². The van der Waals surface area contributed by atoms with Crippen molar-refractivity contribution < 1.29 is 13.2 Å². The van der Waals surface area contributed by atoms with Crippen LogP contribution in [0.2, 0.25) is 0 Å². The first kappa shape index (κ1) is 24.3. The van der Waals surface area contributed by atoms with Crippen molar-refractivity contribution in [3.63, 3.8) is 0 Å². The van der Waals surface area contributed by atoms with Crippen LogP contribution in [0.5, 0.6) is 0 Å². The van der Waals surface area contributed by atoms with Crippen LogP contribution in [0.15, 0.2) is 58.6 Å². The average Bonchev–Trinajstić information content (AvgIpc) is 3.06. The van der Waals surface area contributed by atoms with E-state index in [1.807, 2.05) is 60.6 Å². The highest BCUT2D eigenvalue weighted by molar-refractivity contribution is 7.99.